The SMILES string of the molecule is CCCN(CCC)C(=O)C1=Cc2ccc(C(=O)Nc3cnc4c(c3)CN(Cc3ccc(C(=O)NCCNC(=O)OCc5ccccc5)cc3)CC4)cc2N=C(N)C1. The average Bonchev–Trinajstić information content (AvgIpc) is 3.39. The molecule has 57 heavy (non-hydrogen) atoms. The second kappa shape index (κ2) is 19.5. The molecule has 0 radical (unpaired) electrons. The lowest BCUT2D eigenvalue weighted by Gasteiger charge is -2.28. The fraction of sp³-hybridized carbons (Fsp3) is 0.318. The number of pyridine rings is 1. The molecule has 4 amide bonds. The van der Waals surface area contributed by atoms with E-state index in [0.717, 1.165) is 53.8 Å². The van der Waals surface area contributed by atoms with Crippen LogP contribution in [0, 0.1) is 0 Å². The van der Waals surface area contributed by atoms with Gasteiger partial charge < -0.3 is 31.3 Å². The predicted molar refractivity (Wildman–Crippen MR) is 221 cm³/mol. The van der Waals surface area contributed by atoms with Gasteiger partial charge in [0.2, 0.25) is 5.91 Å². The Morgan fingerprint density at radius 3 is 2.35 bits per heavy atom. The van der Waals surface area contributed by atoms with Crippen molar-refractivity contribution in [2.24, 2.45) is 10.7 Å². The summed E-state index contributed by atoms with van der Waals surface area (Å²) in [6, 6.07) is 24.1. The molecule has 0 unspecified atom stereocenters. The Hall–Kier alpha value is -6.34. The number of fused-ring (bicyclic) bond motifs is 2. The number of alkyl carbamates (subject to hydrolysis) is 1. The zero-order valence-corrected chi connectivity index (χ0v) is 32.6. The second-order valence-corrected chi connectivity index (χ2v) is 14.2. The molecule has 0 bridgehead atoms. The Morgan fingerprint density at radius 1 is 0.860 bits per heavy atom. The van der Waals surface area contributed by atoms with Crippen molar-refractivity contribution in [3.05, 3.63) is 130 Å². The quantitative estimate of drug-likeness (QED) is 0.107. The standard InChI is InChI=1S/C44H50N8O5/c1-3-19-52(20-4-2)43(55)35-22-33-14-15-34(24-39(33)50-40(45)25-35)42(54)49-37-23-36-28-51(21-16-38(36)48-26-37)27-30-10-12-32(13-11-30)41(53)46-17-18-47-44(56)57-29-31-8-6-5-7-9-31/h5-15,22-24,26H,3-4,16-21,25,27-29H2,1-2H3,(H2,45,50)(H,46,53)(H,47,56)(H,49,54). The number of amidine groups is 1. The van der Waals surface area contributed by atoms with Crippen LogP contribution in [0.15, 0.2) is 95.6 Å². The van der Waals surface area contributed by atoms with Crippen LogP contribution in [0.4, 0.5) is 16.2 Å². The summed E-state index contributed by atoms with van der Waals surface area (Å²) in [5.41, 5.74) is 13.7. The summed E-state index contributed by atoms with van der Waals surface area (Å²) in [6.07, 6.45) is 5.73. The molecule has 0 spiro atoms. The summed E-state index contributed by atoms with van der Waals surface area (Å²) in [7, 11) is 0. The number of anilines is 1. The molecule has 0 atom stereocenters. The molecule has 296 valence electrons. The lowest BCUT2D eigenvalue weighted by atomic mass is 10.0. The molecule has 0 saturated heterocycles. The van der Waals surface area contributed by atoms with Crippen molar-refractivity contribution >= 4 is 47.1 Å². The monoisotopic (exact) mass is 770 g/mol. The number of aromatic nitrogens is 1. The Kier molecular flexibility index (Phi) is 13.8. The van der Waals surface area contributed by atoms with Crippen molar-refractivity contribution in [1.82, 2.24) is 25.4 Å². The fourth-order valence-electron chi connectivity index (χ4n) is 6.85. The molecule has 3 aromatic carbocycles. The van der Waals surface area contributed by atoms with Gasteiger partial charge in [0.05, 0.1) is 17.6 Å². The third-order valence-corrected chi connectivity index (χ3v) is 9.70. The first-order chi connectivity index (χ1) is 27.7. The van der Waals surface area contributed by atoms with Gasteiger partial charge in [-0.2, -0.15) is 0 Å². The number of carbonyl (C=O) groups is 4. The van der Waals surface area contributed by atoms with E-state index in [1.807, 2.05) is 59.5 Å². The Morgan fingerprint density at radius 2 is 1.60 bits per heavy atom. The summed E-state index contributed by atoms with van der Waals surface area (Å²) in [6.45, 7) is 8.31. The van der Waals surface area contributed by atoms with Crippen LogP contribution >= 0.6 is 0 Å². The first kappa shape index (κ1) is 40.3. The van der Waals surface area contributed by atoms with Gasteiger partial charge in [0.1, 0.15) is 12.4 Å². The van der Waals surface area contributed by atoms with E-state index >= 15 is 0 Å². The number of amides is 4. The van der Waals surface area contributed by atoms with Gasteiger partial charge >= 0.3 is 6.09 Å². The zero-order valence-electron chi connectivity index (χ0n) is 32.6. The van der Waals surface area contributed by atoms with Gasteiger partial charge in [-0.15, -0.1) is 0 Å². The lowest BCUT2D eigenvalue weighted by molar-refractivity contribution is -0.127. The molecule has 6 rings (SSSR count). The van der Waals surface area contributed by atoms with Crippen LogP contribution in [-0.2, 0) is 35.6 Å². The summed E-state index contributed by atoms with van der Waals surface area (Å²) in [5.74, 6) is -0.241. The molecular weight excluding hydrogens is 721 g/mol. The van der Waals surface area contributed by atoms with E-state index < -0.39 is 6.09 Å². The van der Waals surface area contributed by atoms with E-state index in [-0.39, 0.29) is 43.8 Å². The number of rotatable bonds is 15. The Balaban J connectivity index is 0.993. The summed E-state index contributed by atoms with van der Waals surface area (Å²) in [5, 5.41) is 8.45. The first-order valence-corrected chi connectivity index (χ1v) is 19.5. The number of ether oxygens (including phenoxy) is 1. The van der Waals surface area contributed by atoms with Crippen LogP contribution in [0.1, 0.15) is 81.8 Å². The third-order valence-electron chi connectivity index (χ3n) is 9.70. The molecule has 13 nitrogen and oxygen atoms in total. The maximum absolute atomic E-state index is 13.4. The third kappa shape index (κ3) is 11.1. The van der Waals surface area contributed by atoms with Crippen LogP contribution in [0.2, 0.25) is 0 Å². The van der Waals surface area contributed by atoms with Gasteiger partial charge in [0.15, 0.2) is 0 Å². The van der Waals surface area contributed by atoms with Gasteiger partial charge in [-0.3, -0.25) is 24.3 Å². The molecule has 0 saturated carbocycles. The highest BCUT2D eigenvalue weighted by molar-refractivity contribution is 6.08. The van der Waals surface area contributed by atoms with Crippen molar-refractivity contribution in [1.29, 1.82) is 0 Å². The Labute approximate surface area is 333 Å². The van der Waals surface area contributed by atoms with E-state index in [9.17, 15) is 19.2 Å². The highest BCUT2D eigenvalue weighted by Crippen LogP contribution is 2.29. The molecule has 13 heteroatoms. The van der Waals surface area contributed by atoms with Crippen molar-refractivity contribution in [3.8, 4) is 0 Å². The highest BCUT2D eigenvalue weighted by Gasteiger charge is 2.23. The predicted octanol–water partition coefficient (Wildman–Crippen LogP) is 5.97. The molecule has 2 aliphatic rings. The number of hydrogen-bond acceptors (Lipinski definition) is 9. The van der Waals surface area contributed by atoms with Crippen LogP contribution < -0.4 is 21.7 Å². The van der Waals surface area contributed by atoms with Crippen LogP contribution in [-0.4, -0.2) is 77.2 Å². The van der Waals surface area contributed by atoms with Crippen molar-refractivity contribution in [3.63, 3.8) is 0 Å². The van der Waals surface area contributed by atoms with Crippen LogP contribution in [0.3, 0.4) is 0 Å². The summed E-state index contributed by atoms with van der Waals surface area (Å²) >= 11 is 0. The minimum atomic E-state index is -0.540. The average molecular weight is 771 g/mol. The minimum Gasteiger partial charge on any atom is -0.445 e. The van der Waals surface area contributed by atoms with Crippen LogP contribution in [0.5, 0.6) is 0 Å². The van der Waals surface area contributed by atoms with Crippen molar-refractivity contribution < 1.29 is 23.9 Å². The van der Waals surface area contributed by atoms with Gasteiger partial charge in [0, 0.05) is 86.6 Å². The number of nitrogens with two attached hydrogens (primary N) is 1. The van der Waals surface area contributed by atoms with Crippen molar-refractivity contribution in [2.75, 3.05) is 38.0 Å². The number of nitrogens with zero attached hydrogens (tertiary/aromatic N) is 4. The topological polar surface area (TPSA) is 171 Å². The molecule has 0 aliphatic carbocycles. The molecular formula is C44H50N8O5. The van der Waals surface area contributed by atoms with Gasteiger partial charge in [-0.1, -0.05) is 62.4 Å². The maximum atomic E-state index is 13.4. The largest absolute Gasteiger partial charge is 0.445 e. The number of aliphatic imine (C=N–C) groups is 1. The zero-order chi connectivity index (χ0) is 40.1. The fourth-order valence-corrected chi connectivity index (χ4v) is 6.85. The van der Waals surface area contributed by atoms with E-state index in [4.69, 9.17) is 10.5 Å². The minimum absolute atomic E-state index is 0.0365. The summed E-state index contributed by atoms with van der Waals surface area (Å²) < 4.78 is 5.19. The van der Waals surface area contributed by atoms with Gasteiger partial charge in [0.25, 0.3) is 11.8 Å². The highest BCUT2D eigenvalue weighted by atomic mass is 16.5. The molecule has 4 aromatic rings. The molecule has 5 N–H and O–H groups in total. The first-order valence-electron chi connectivity index (χ1n) is 19.5. The summed E-state index contributed by atoms with van der Waals surface area (Å²) in [4.78, 5) is 64.8. The van der Waals surface area contributed by atoms with E-state index in [0.29, 0.717) is 60.1 Å². The number of benzene rings is 3. The van der Waals surface area contributed by atoms with E-state index in [2.05, 4.69) is 44.7 Å². The van der Waals surface area contributed by atoms with Crippen LogP contribution in [0.25, 0.3) is 6.08 Å². The van der Waals surface area contributed by atoms with Gasteiger partial charge in [-0.05, 0) is 65.9 Å². The second-order valence-electron chi connectivity index (χ2n) is 14.2. The lowest BCUT2D eigenvalue weighted by Crippen LogP contribution is -2.35. The Bertz CT molecular complexity index is 2130. The molecule has 0 fully saturated rings. The number of carbonyl (C=O) groups excluding carboxylic acids is 4. The number of nitrogens with one attached hydrogen (secondary N) is 3. The molecule has 1 aromatic heterocycles. The normalized spacial score (nSPS) is 13.5. The van der Waals surface area contributed by atoms with E-state index in [1.54, 1.807) is 36.5 Å². The number of hydrogen-bond donors (Lipinski definition) is 4. The van der Waals surface area contributed by atoms with Crippen molar-refractivity contribution in [2.45, 2.75) is 59.2 Å². The molecule has 2 aliphatic heterocycles. The maximum Gasteiger partial charge on any atom is 0.407 e. The molecule has 3 heterocycles. The smallest absolute Gasteiger partial charge is 0.407 e. The van der Waals surface area contributed by atoms with Gasteiger partial charge in [-0.25, -0.2) is 9.79 Å². The van der Waals surface area contributed by atoms with E-state index in [1.165, 1.54) is 0 Å².